The molecule has 2 unspecified atom stereocenters. The maximum atomic E-state index is 3.56. The molecule has 0 amide bonds. The molecule has 0 radical (unpaired) electrons. The van der Waals surface area contributed by atoms with Gasteiger partial charge in [0.1, 0.15) is 0 Å². The Balaban J connectivity index is 2.01. The minimum absolute atomic E-state index is 0.677. The number of rotatable bonds is 9. The van der Waals surface area contributed by atoms with Crippen LogP contribution in [-0.2, 0) is 0 Å². The van der Waals surface area contributed by atoms with Crippen molar-refractivity contribution in [3.63, 3.8) is 0 Å². The molecular formula is C15H33N3. The Hall–Kier alpha value is -0.120. The molecule has 0 aliphatic carbocycles. The molecule has 0 aromatic carbocycles. The fraction of sp³-hybridized carbons (Fsp3) is 1.00. The Morgan fingerprint density at radius 3 is 2.83 bits per heavy atom. The second-order valence-electron chi connectivity index (χ2n) is 6.18. The van der Waals surface area contributed by atoms with Crippen LogP contribution in [0.2, 0.25) is 0 Å². The van der Waals surface area contributed by atoms with E-state index in [4.69, 9.17) is 0 Å². The van der Waals surface area contributed by atoms with Crippen LogP contribution >= 0.6 is 0 Å². The highest BCUT2D eigenvalue weighted by atomic mass is 15.1. The van der Waals surface area contributed by atoms with Crippen LogP contribution in [-0.4, -0.2) is 62.7 Å². The zero-order valence-electron chi connectivity index (χ0n) is 12.9. The third-order valence-electron chi connectivity index (χ3n) is 3.98. The molecule has 2 atom stereocenters. The van der Waals surface area contributed by atoms with Gasteiger partial charge in [-0.1, -0.05) is 6.92 Å². The van der Waals surface area contributed by atoms with E-state index in [0.29, 0.717) is 6.04 Å². The lowest BCUT2D eigenvalue weighted by Gasteiger charge is -2.22. The van der Waals surface area contributed by atoms with Crippen molar-refractivity contribution < 1.29 is 0 Å². The van der Waals surface area contributed by atoms with Crippen LogP contribution < -0.4 is 5.32 Å². The van der Waals surface area contributed by atoms with Crippen LogP contribution in [0.5, 0.6) is 0 Å². The number of nitrogens with zero attached hydrogens (tertiary/aromatic N) is 2. The average molecular weight is 255 g/mol. The molecule has 1 aliphatic rings. The predicted molar refractivity (Wildman–Crippen MR) is 80.1 cm³/mol. The van der Waals surface area contributed by atoms with Crippen molar-refractivity contribution in [3.8, 4) is 0 Å². The summed E-state index contributed by atoms with van der Waals surface area (Å²) in [5.74, 6) is 0.899. The van der Waals surface area contributed by atoms with Gasteiger partial charge >= 0.3 is 0 Å². The number of likely N-dealkylation sites (tertiary alicyclic amines) is 1. The maximum absolute atomic E-state index is 3.56. The monoisotopic (exact) mass is 255 g/mol. The lowest BCUT2D eigenvalue weighted by molar-refractivity contribution is 0.265. The highest BCUT2D eigenvalue weighted by Crippen LogP contribution is 2.15. The average Bonchev–Trinajstić information content (AvgIpc) is 2.72. The lowest BCUT2D eigenvalue weighted by Crippen LogP contribution is -2.30. The first kappa shape index (κ1) is 15.9. The second-order valence-corrected chi connectivity index (χ2v) is 6.18. The van der Waals surface area contributed by atoms with Gasteiger partial charge in [0.15, 0.2) is 0 Å². The smallest absolute Gasteiger partial charge is 0.00391 e. The molecule has 1 fully saturated rings. The zero-order chi connectivity index (χ0) is 13.4. The molecule has 0 saturated carbocycles. The molecule has 0 bridgehead atoms. The fourth-order valence-corrected chi connectivity index (χ4v) is 2.87. The summed E-state index contributed by atoms with van der Waals surface area (Å²) in [5, 5.41) is 3.56. The molecule has 1 saturated heterocycles. The minimum atomic E-state index is 0.677. The molecule has 1 aliphatic heterocycles. The van der Waals surface area contributed by atoms with E-state index >= 15 is 0 Å². The van der Waals surface area contributed by atoms with Crippen molar-refractivity contribution in [3.05, 3.63) is 0 Å². The summed E-state index contributed by atoms with van der Waals surface area (Å²) in [6.07, 6.45) is 5.24. The van der Waals surface area contributed by atoms with Crippen LogP contribution in [0.25, 0.3) is 0 Å². The first-order valence-electron chi connectivity index (χ1n) is 7.72. The molecule has 0 aromatic rings. The van der Waals surface area contributed by atoms with Gasteiger partial charge in [0.25, 0.3) is 0 Å². The summed E-state index contributed by atoms with van der Waals surface area (Å²) in [5.41, 5.74) is 0. The summed E-state index contributed by atoms with van der Waals surface area (Å²) in [6, 6.07) is 0.677. The van der Waals surface area contributed by atoms with Crippen molar-refractivity contribution in [1.29, 1.82) is 0 Å². The molecular weight excluding hydrogens is 222 g/mol. The molecule has 3 heteroatoms. The molecule has 1 heterocycles. The van der Waals surface area contributed by atoms with Crippen molar-refractivity contribution >= 4 is 0 Å². The SMILES string of the molecule is CCCNC(C)CCCN(C)CC1CCN(C)C1. The van der Waals surface area contributed by atoms with Gasteiger partial charge in [-0.25, -0.2) is 0 Å². The van der Waals surface area contributed by atoms with E-state index in [-0.39, 0.29) is 0 Å². The number of hydrogen-bond acceptors (Lipinski definition) is 3. The normalized spacial score (nSPS) is 22.8. The van der Waals surface area contributed by atoms with Gasteiger partial charge in [-0.15, -0.1) is 0 Å². The fourth-order valence-electron chi connectivity index (χ4n) is 2.87. The molecule has 108 valence electrons. The Kier molecular flexibility index (Phi) is 7.87. The van der Waals surface area contributed by atoms with Gasteiger partial charge in [0.2, 0.25) is 0 Å². The molecule has 0 aromatic heterocycles. The third-order valence-corrected chi connectivity index (χ3v) is 3.98. The van der Waals surface area contributed by atoms with E-state index in [1.165, 1.54) is 51.9 Å². The van der Waals surface area contributed by atoms with E-state index in [2.05, 4.69) is 43.1 Å². The van der Waals surface area contributed by atoms with Crippen LogP contribution in [0.4, 0.5) is 0 Å². The third kappa shape index (κ3) is 6.72. The molecule has 1 N–H and O–H groups in total. The van der Waals surface area contributed by atoms with Gasteiger partial charge in [0, 0.05) is 19.1 Å². The van der Waals surface area contributed by atoms with E-state index in [1.807, 2.05) is 0 Å². The quantitative estimate of drug-likeness (QED) is 0.680. The summed E-state index contributed by atoms with van der Waals surface area (Å²) < 4.78 is 0. The lowest BCUT2D eigenvalue weighted by atomic mass is 10.1. The largest absolute Gasteiger partial charge is 0.314 e. The summed E-state index contributed by atoms with van der Waals surface area (Å²) in [6.45, 7) is 10.8. The molecule has 18 heavy (non-hydrogen) atoms. The van der Waals surface area contributed by atoms with Crippen LogP contribution in [0.15, 0.2) is 0 Å². The minimum Gasteiger partial charge on any atom is -0.314 e. The van der Waals surface area contributed by atoms with Crippen molar-refractivity contribution in [1.82, 2.24) is 15.1 Å². The Morgan fingerprint density at radius 2 is 2.22 bits per heavy atom. The first-order chi connectivity index (χ1) is 8.61. The van der Waals surface area contributed by atoms with E-state index in [1.54, 1.807) is 0 Å². The zero-order valence-corrected chi connectivity index (χ0v) is 12.9. The van der Waals surface area contributed by atoms with Crippen LogP contribution in [0.3, 0.4) is 0 Å². The Morgan fingerprint density at radius 1 is 1.44 bits per heavy atom. The molecule has 3 nitrogen and oxygen atoms in total. The Labute approximate surface area is 114 Å². The summed E-state index contributed by atoms with van der Waals surface area (Å²) >= 11 is 0. The predicted octanol–water partition coefficient (Wildman–Crippen LogP) is 2.04. The second kappa shape index (κ2) is 8.89. The highest BCUT2D eigenvalue weighted by molar-refractivity contribution is 4.75. The van der Waals surface area contributed by atoms with Gasteiger partial charge in [0.05, 0.1) is 0 Å². The van der Waals surface area contributed by atoms with Crippen molar-refractivity contribution in [2.75, 3.05) is 46.8 Å². The van der Waals surface area contributed by atoms with Gasteiger partial charge < -0.3 is 15.1 Å². The van der Waals surface area contributed by atoms with E-state index < -0.39 is 0 Å². The summed E-state index contributed by atoms with van der Waals surface area (Å²) in [4.78, 5) is 4.98. The van der Waals surface area contributed by atoms with Gasteiger partial charge in [-0.2, -0.15) is 0 Å². The molecule has 0 spiro atoms. The maximum Gasteiger partial charge on any atom is 0.00391 e. The standard InChI is InChI=1S/C15H33N3/c1-5-9-16-14(2)7-6-10-17(3)12-15-8-11-18(4)13-15/h14-16H,5-13H2,1-4H3. The topological polar surface area (TPSA) is 18.5 Å². The highest BCUT2D eigenvalue weighted by Gasteiger charge is 2.20. The van der Waals surface area contributed by atoms with E-state index in [0.717, 1.165) is 12.5 Å². The van der Waals surface area contributed by atoms with Gasteiger partial charge in [-0.05, 0) is 72.3 Å². The number of nitrogens with one attached hydrogen (secondary N) is 1. The summed E-state index contributed by atoms with van der Waals surface area (Å²) in [7, 11) is 4.52. The van der Waals surface area contributed by atoms with Gasteiger partial charge in [-0.3, -0.25) is 0 Å². The van der Waals surface area contributed by atoms with E-state index in [9.17, 15) is 0 Å². The van der Waals surface area contributed by atoms with Crippen LogP contribution in [0, 0.1) is 5.92 Å². The Bertz CT molecular complexity index is 208. The van der Waals surface area contributed by atoms with Crippen LogP contribution in [0.1, 0.15) is 39.5 Å². The van der Waals surface area contributed by atoms with Crippen molar-refractivity contribution in [2.24, 2.45) is 5.92 Å². The molecule has 1 rings (SSSR count). The van der Waals surface area contributed by atoms with Crippen molar-refractivity contribution in [2.45, 2.75) is 45.6 Å². The first-order valence-corrected chi connectivity index (χ1v) is 7.72. The number of hydrogen-bond donors (Lipinski definition) is 1.